The summed E-state index contributed by atoms with van der Waals surface area (Å²) in [5.41, 5.74) is 8.33. The van der Waals surface area contributed by atoms with Crippen molar-refractivity contribution in [3.05, 3.63) is 53.0 Å². The van der Waals surface area contributed by atoms with E-state index in [1.807, 2.05) is 34.9 Å². The molecule has 0 amide bonds. The quantitative estimate of drug-likeness (QED) is 0.330. The topological polar surface area (TPSA) is 89.3 Å². The summed E-state index contributed by atoms with van der Waals surface area (Å²) in [6, 6.07) is 9.66. The third kappa shape index (κ3) is 2.47. The van der Waals surface area contributed by atoms with E-state index in [1.54, 1.807) is 12.4 Å². The second-order valence-electron chi connectivity index (χ2n) is 4.45. The maximum Gasteiger partial charge on any atom is 0.146 e. The number of oxime groups is 1. The average molecular weight is 346 g/mol. The van der Waals surface area contributed by atoms with Gasteiger partial charge in [0.05, 0.1) is 27.6 Å². The molecule has 0 unspecified atom stereocenters. The van der Waals surface area contributed by atoms with Crippen LogP contribution in [-0.2, 0) is 6.42 Å². The number of hydrogen-bond acceptors (Lipinski definition) is 4. The predicted octanol–water partition coefficient (Wildman–Crippen LogP) is 2.47. The Balaban J connectivity index is 2.28. The average Bonchev–Trinajstić information content (AvgIpc) is 2.85. The predicted molar refractivity (Wildman–Crippen MR) is 83.7 cm³/mol. The van der Waals surface area contributed by atoms with Crippen molar-refractivity contribution in [1.82, 2.24) is 14.5 Å². The van der Waals surface area contributed by atoms with Crippen LogP contribution in [0.25, 0.3) is 16.7 Å². The summed E-state index contributed by atoms with van der Waals surface area (Å²) in [7, 11) is 0. The van der Waals surface area contributed by atoms with Crippen molar-refractivity contribution in [2.75, 3.05) is 0 Å². The fourth-order valence-electron chi connectivity index (χ4n) is 2.21. The van der Waals surface area contributed by atoms with Crippen LogP contribution >= 0.6 is 15.9 Å². The fourth-order valence-corrected chi connectivity index (χ4v) is 2.64. The third-order valence-electron chi connectivity index (χ3n) is 3.09. The number of fused-ring (bicyclic) bond motifs is 1. The molecule has 0 fully saturated rings. The lowest BCUT2D eigenvalue weighted by atomic mass is 10.3. The highest BCUT2D eigenvalue weighted by atomic mass is 79.9. The Kier molecular flexibility index (Phi) is 3.57. The summed E-state index contributed by atoms with van der Waals surface area (Å²) >= 11 is 3.50. The number of rotatable bonds is 3. The Hall–Kier alpha value is -2.41. The van der Waals surface area contributed by atoms with Crippen LogP contribution in [0.1, 0.15) is 5.82 Å². The summed E-state index contributed by atoms with van der Waals surface area (Å²) in [6.07, 6.45) is 3.68. The van der Waals surface area contributed by atoms with E-state index in [0.29, 0.717) is 5.82 Å². The molecule has 3 N–H and O–H groups in total. The van der Waals surface area contributed by atoms with Crippen LogP contribution in [-0.4, -0.2) is 25.6 Å². The normalized spacial score (nSPS) is 12.0. The van der Waals surface area contributed by atoms with E-state index < -0.39 is 0 Å². The lowest BCUT2D eigenvalue weighted by Gasteiger charge is -2.10. The first-order valence-electron chi connectivity index (χ1n) is 6.23. The van der Waals surface area contributed by atoms with Gasteiger partial charge in [-0.25, -0.2) is 4.98 Å². The molecule has 106 valence electrons. The zero-order valence-corrected chi connectivity index (χ0v) is 12.5. The number of benzene rings is 1. The second-order valence-corrected chi connectivity index (χ2v) is 5.30. The van der Waals surface area contributed by atoms with E-state index >= 15 is 0 Å². The number of pyridine rings is 1. The largest absolute Gasteiger partial charge is 0.409 e. The van der Waals surface area contributed by atoms with E-state index in [-0.39, 0.29) is 12.3 Å². The van der Waals surface area contributed by atoms with Crippen molar-refractivity contribution < 1.29 is 5.21 Å². The maximum atomic E-state index is 8.79. The zero-order valence-electron chi connectivity index (χ0n) is 10.9. The van der Waals surface area contributed by atoms with Crippen LogP contribution in [0.3, 0.4) is 0 Å². The molecule has 2 aromatic heterocycles. The number of para-hydroxylation sites is 2. The molecule has 6 nitrogen and oxygen atoms in total. The Labute approximate surface area is 129 Å². The van der Waals surface area contributed by atoms with Crippen LogP contribution in [0.4, 0.5) is 0 Å². The summed E-state index contributed by atoms with van der Waals surface area (Å²) in [4.78, 5) is 8.64. The molecule has 3 rings (SSSR count). The van der Waals surface area contributed by atoms with Gasteiger partial charge in [-0.3, -0.25) is 9.55 Å². The minimum atomic E-state index is 0.108. The van der Waals surface area contributed by atoms with Gasteiger partial charge >= 0.3 is 0 Å². The number of nitrogens with zero attached hydrogens (tertiary/aromatic N) is 4. The molecule has 0 bridgehead atoms. The number of halogens is 1. The van der Waals surface area contributed by atoms with Gasteiger partial charge < -0.3 is 10.9 Å². The highest BCUT2D eigenvalue weighted by molar-refractivity contribution is 9.10. The van der Waals surface area contributed by atoms with E-state index in [9.17, 15) is 0 Å². The highest BCUT2D eigenvalue weighted by Crippen LogP contribution is 2.26. The molecule has 0 radical (unpaired) electrons. The van der Waals surface area contributed by atoms with Crippen molar-refractivity contribution in [3.8, 4) is 5.69 Å². The molecule has 0 spiro atoms. The molecule has 7 heteroatoms. The van der Waals surface area contributed by atoms with Gasteiger partial charge in [-0.15, -0.1) is 0 Å². The van der Waals surface area contributed by atoms with Gasteiger partial charge in [0.1, 0.15) is 11.7 Å². The maximum absolute atomic E-state index is 8.79. The zero-order chi connectivity index (χ0) is 14.8. The Morgan fingerprint density at radius 3 is 2.90 bits per heavy atom. The van der Waals surface area contributed by atoms with Gasteiger partial charge in [-0.05, 0) is 34.1 Å². The van der Waals surface area contributed by atoms with Crippen molar-refractivity contribution in [2.24, 2.45) is 10.9 Å². The lowest BCUT2D eigenvalue weighted by molar-refractivity contribution is 0.317. The molecule has 0 saturated carbocycles. The first-order valence-corrected chi connectivity index (χ1v) is 7.02. The van der Waals surface area contributed by atoms with Crippen LogP contribution < -0.4 is 5.73 Å². The SMILES string of the molecule is N/C(Cc1nc2ccccc2n1-c1ccncc1Br)=N/O. The molecule has 0 aliphatic carbocycles. The van der Waals surface area contributed by atoms with Gasteiger partial charge in [-0.2, -0.15) is 0 Å². The van der Waals surface area contributed by atoms with Crippen LogP contribution in [0.15, 0.2) is 52.4 Å². The van der Waals surface area contributed by atoms with Crippen LogP contribution in [0.2, 0.25) is 0 Å². The smallest absolute Gasteiger partial charge is 0.146 e. The number of hydrogen-bond donors (Lipinski definition) is 2. The van der Waals surface area contributed by atoms with Crippen LogP contribution in [0, 0.1) is 0 Å². The van der Waals surface area contributed by atoms with E-state index in [4.69, 9.17) is 10.9 Å². The number of amidine groups is 1. The van der Waals surface area contributed by atoms with E-state index in [2.05, 4.69) is 31.1 Å². The van der Waals surface area contributed by atoms with Gasteiger partial charge in [0.25, 0.3) is 0 Å². The van der Waals surface area contributed by atoms with Crippen molar-refractivity contribution in [1.29, 1.82) is 0 Å². The molecule has 1 aromatic carbocycles. The van der Waals surface area contributed by atoms with Crippen molar-refractivity contribution >= 4 is 32.8 Å². The number of nitrogens with two attached hydrogens (primary N) is 1. The van der Waals surface area contributed by atoms with Crippen LogP contribution in [0.5, 0.6) is 0 Å². The molecule has 0 saturated heterocycles. The Morgan fingerprint density at radius 2 is 2.14 bits per heavy atom. The van der Waals surface area contributed by atoms with Crippen molar-refractivity contribution in [2.45, 2.75) is 6.42 Å². The van der Waals surface area contributed by atoms with E-state index in [0.717, 1.165) is 21.2 Å². The molecule has 2 heterocycles. The van der Waals surface area contributed by atoms with Crippen molar-refractivity contribution in [3.63, 3.8) is 0 Å². The first kappa shape index (κ1) is 13.6. The minimum absolute atomic E-state index is 0.108. The van der Waals surface area contributed by atoms with E-state index in [1.165, 1.54) is 0 Å². The van der Waals surface area contributed by atoms with Gasteiger partial charge in [0, 0.05) is 12.4 Å². The minimum Gasteiger partial charge on any atom is -0.409 e. The lowest BCUT2D eigenvalue weighted by Crippen LogP contribution is -2.17. The molecule has 0 atom stereocenters. The molecular weight excluding hydrogens is 334 g/mol. The molecular formula is C14H12BrN5O. The van der Waals surface area contributed by atoms with Gasteiger partial charge in [0.15, 0.2) is 0 Å². The molecule has 0 aliphatic rings. The number of imidazole rings is 1. The molecule has 21 heavy (non-hydrogen) atoms. The molecule has 0 aliphatic heterocycles. The number of aromatic nitrogens is 3. The Bertz CT molecular complexity index is 827. The Morgan fingerprint density at radius 1 is 1.33 bits per heavy atom. The summed E-state index contributed by atoms with van der Waals surface area (Å²) in [5, 5.41) is 11.8. The third-order valence-corrected chi connectivity index (χ3v) is 3.70. The standard InChI is InChI=1S/C14H12BrN5O/c15-9-8-17-6-5-11(9)20-12-4-2-1-3-10(12)18-14(20)7-13(16)19-21/h1-6,8,21H,7H2,(H2,16,19). The second kappa shape index (κ2) is 5.53. The summed E-state index contributed by atoms with van der Waals surface area (Å²) in [6.45, 7) is 0. The molecule has 3 aromatic rings. The summed E-state index contributed by atoms with van der Waals surface area (Å²) in [5.74, 6) is 0.801. The summed E-state index contributed by atoms with van der Waals surface area (Å²) < 4.78 is 2.81. The fraction of sp³-hybridized carbons (Fsp3) is 0.0714. The first-order chi connectivity index (χ1) is 10.2. The monoisotopic (exact) mass is 345 g/mol. The van der Waals surface area contributed by atoms with Gasteiger partial charge in [0.2, 0.25) is 0 Å². The van der Waals surface area contributed by atoms with Gasteiger partial charge in [-0.1, -0.05) is 17.3 Å². The highest BCUT2D eigenvalue weighted by Gasteiger charge is 2.15.